The van der Waals surface area contributed by atoms with Crippen molar-refractivity contribution in [1.29, 1.82) is 0 Å². The van der Waals surface area contributed by atoms with Gasteiger partial charge in [0.1, 0.15) is 11.5 Å². The smallest absolute Gasteiger partial charge is 0.343 e. The van der Waals surface area contributed by atoms with Gasteiger partial charge in [-0.15, -0.1) is 5.73 Å². The average molecular weight is 308 g/mol. The van der Waals surface area contributed by atoms with Gasteiger partial charge in [-0.2, -0.15) is 0 Å². The molecule has 2 aromatic rings. The van der Waals surface area contributed by atoms with E-state index in [1.165, 1.54) is 6.26 Å². The van der Waals surface area contributed by atoms with Gasteiger partial charge in [0.2, 0.25) is 6.79 Å². The van der Waals surface area contributed by atoms with Gasteiger partial charge in [-0.3, -0.25) is 0 Å². The molecular formula is C19H16O4. The Labute approximate surface area is 134 Å². The van der Waals surface area contributed by atoms with Gasteiger partial charge in [-0.25, -0.2) is 4.79 Å². The first-order chi connectivity index (χ1) is 11.2. The van der Waals surface area contributed by atoms with E-state index in [0.717, 1.165) is 17.2 Å². The monoisotopic (exact) mass is 308 g/mol. The summed E-state index contributed by atoms with van der Waals surface area (Å²) in [4.78, 5) is 11.3. The topological polar surface area (TPSA) is 44.8 Å². The highest BCUT2D eigenvalue weighted by atomic mass is 16.7. The third-order valence-corrected chi connectivity index (χ3v) is 2.89. The van der Waals surface area contributed by atoms with Crippen LogP contribution in [0, 0.1) is 0 Å². The number of ether oxygens (including phenoxy) is 3. The van der Waals surface area contributed by atoms with Crippen molar-refractivity contribution in [2.75, 3.05) is 6.79 Å². The summed E-state index contributed by atoms with van der Waals surface area (Å²) in [5.41, 5.74) is 4.39. The fourth-order valence-electron chi connectivity index (χ4n) is 1.84. The maximum absolute atomic E-state index is 11.3. The van der Waals surface area contributed by atoms with E-state index in [1.54, 1.807) is 12.1 Å². The van der Waals surface area contributed by atoms with Crippen LogP contribution >= 0.6 is 0 Å². The third kappa shape index (κ3) is 4.92. The fraction of sp³-hybridized carbons (Fsp3) is 0.0526. The molecule has 116 valence electrons. The number of rotatable bonds is 7. The van der Waals surface area contributed by atoms with Crippen LogP contribution in [0.4, 0.5) is 0 Å². The van der Waals surface area contributed by atoms with Crippen molar-refractivity contribution >= 4 is 5.97 Å². The highest BCUT2D eigenvalue weighted by Crippen LogP contribution is 2.24. The standard InChI is InChI=1S/C19H16O4/c1-3-5-19(20)23-18-12-8-16(9-13-18)15-6-10-17(11-7-15)22-14-21-4-2/h4-13H,1-2,14H2. The average Bonchev–Trinajstić information content (AvgIpc) is 2.57. The molecule has 0 aliphatic heterocycles. The summed E-state index contributed by atoms with van der Waals surface area (Å²) in [6.07, 6.45) is 2.47. The first-order valence-corrected chi connectivity index (χ1v) is 6.86. The van der Waals surface area contributed by atoms with Gasteiger partial charge >= 0.3 is 5.97 Å². The van der Waals surface area contributed by atoms with Crippen molar-refractivity contribution in [1.82, 2.24) is 0 Å². The van der Waals surface area contributed by atoms with Crippen molar-refractivity contribution in [3.8, 4) is 22.6 Å². The van der Waals surface area contributed by atoms with Crippen LogP contribution in [0.15, 0.2) is 79.8 Å². The lowest BCUT2D eigenvalue weighted by molar-refractivity contribution is -0.128. The molecule has 0 fully saturated rings. The molecule has 2 rings (SSSR count). The van der Waals surface area contributed by atoms with Crippen LogP contribution in [0.5, 0.6) is 11.5 Å². The van der Waals surface area contributed by atoms with E-state index in [4.69, 9.17) is 14.2 Å². The quantitative estimate of drug-likeness (QED) is 0.147. The second-order valence-corrected chi connectivity index (χ2v) is 4.41. The van der Waals surface area contributed by atoms with Crippen LogP contribution in [0.1, 0.15) is 0 Å². The fourth-order valence-corrected chi connectivity index (χ4v) is 1.84. The highest BCUT2D eigenvalue weighted by Gasteiger charge is 2.02. The zero-order valence-electron chi connectivity index (χ0n) is 12.5. The minimum atomic E-state index is -0.504. The van der Waals surface area contributed by atoms with Crippen LogP contribution in [0.2, 0.25) is 0 Å². The Morgan fingerprint density at radius 3 is 2.09 bits per heavy atom. The Balaban J connectivity index is 2.02. The molecule has 0 amide bonds. The molecule has 4 heteroatoms. The Kier molecular flexibility index (Phi) is 5.81. The van der Waals surface area contributed by atoms with Crippen molar-refractivity contribution in [3.05, 3.63) is 79.8 Å². The zero-order chi connectivity index (χ0) is 16.5. The van der Waals surface area contributed by atoms with Crippen LogP contribution < -0.4 is 9.47 Å². The van der Waals surface area contributed by atoms with Gasteiger partial charge in [0.15, 0.2) is 0 Å². The van der Waals surface area contributed by atoms with Crippen LogP contribution in [-0.2, 0) is 9.53 Å². The molecule has 0 spiro atoms. The predicted molar refractivity (Wildman–Crippen MR) is 88.0 cm³/mol. The molecule has 0 saturated heterocycles. The minimum Gasteiger partial charge on any atom is -0.466 e. The number of carbonyl (C=O) groups excluding carboxylic acids is 1. The van der Waals surface area contributed by atoms with Crippen molar-refractivity contribution in [2.24, 2.45) is 0 Å². The molecule has 4 nitrogen and oxygen atoms in total. The number of carbonyl (C=O) groups is 1. The Morgan fingerprint density at radius 1 is 1.00 bits per heavy atom. The lowest BCUT2D eigenvalue weighted by Gasteiger charge is -2.07. The summed E-state index contributed by atoms with van der Waals surface area (Å²) < 4.78 is 15.3. The summed E-state index contributed by atoms with van der Waals surface area (Å²) in [6, 6.07) is 14.8. The van der Waals surface area contributed by atoms with Gasteiger partial charge < -0.3 is 14.2 Å². The zero-order valence-corrected chi connectivity index (χ0v) is 12.5. The molecule has 23 heavy (non-hydrogen) atoms. The summed E-state index contributed by atoms with van der Waals surface area (Å²) >= 11 is 0. The largest absolute Gasteiger partial charge is 0.466 e. The molecule has 0 aliphatic carbocycles. The molecular weight excluding hydrogens is 292 g/mol. The molecule has 0 aliphatic rings. The summed E-state index contributed by atoms with van der Waals surface area (Å²) in [5.74, 6) is 0.667. The number of benzene rings is 2. The van der Waals surface area contributed by atoms with E-state index in [0.29, 0.717) is 11.5 Å². The molecule has 0 saturated carbocycles. The van der Waals surface area contributed by atoms with Gasteiger partial charge in [0.05, 0.1) is 12.3 Å². The van der Waals surface area contributed by atoms with Gasteiger partial charge in [0, 0.05) is 0 Å². The Bertz CT molecular complexity index is 708. The molecule has 0 N–H and O–H groups in total. The first kappa shape index (κ1) is 16.1. The van der Waals surface area contributed by atoms with Gasteiger partial charge in [-0.1, -0.05) is 37.4 Å². The van der Waals surface area contributed by atoms with E-state index in [1.807, 2.05) is 36.4 Å². The lowest BCUT2D eigenvalue weighted by Crippen LogP contribution is -2.02. The molecule has 0 aromatic heterocycles. The maximum Gasteiger partial charge on any atom is 0.343 e. The third-order valence-electron chi connectivity index (χ3n) is 2.89. The summed E-state index contributed by atoms with van der Waals surface area (Å²) in [6.45, 7) is 6.89. The van der Waals surface area contributed by atoms with E-state index >= 15 is 0 Å². The predicted octanol–water partition coefficient (Wildman–Crippen LogP) is 4.10. The second-order valence-electron chi connectivity index (χ2n) is 4.41. The van der Waals surface area contributed by atoms with Crippen molar-refractivity contribution in [3.63, 3.8) is 0 Å². The van der Waals surface area contributed by atoms with Crippen LogP contribution in [0.3, 0.4) is 0 Å². The normalized spacial score (nSPS) is 9.39. The highest BCUT2D eigenvalue weighted by molar-refractivity contribution is 5.83. The number of esters is 1. The summed E-state index contributed by atoms with van der Waals surface area (Å²) in [7, 11) is 0. The molecule has 0 unspecified atom stereocenters. The van der Waals surface area contributed by atoms with Crippen molar-refractivity contribution < 1.29 is 19.0 Å². The maximum atomic E-state index is 11.3. The minimum absolute atomic E-state index is 0.127. The molecule has 0 heterocycles. The number of hydrogen-bond acceptors (Lipinski definition) is 4. The summed E-state index contributed by atoms with van der Waals surface area (Å²) in [5, 5.41) is 0. The molecule has 0 radical (unpaired) electrons. The Hall–Kier alpha value is -3.23. The van der Waals surface area contributed by atoms with Crippen LogP contribution in [-0.4, -0.2) is 12.8 Å². The number of hydrogen-bond donors (Lipinski definition) is 0. The van der Waals surface area contributed by atoms with E-state index < -0.39 is 5.97 Å². The van der Waals surface area contributed by atoms with E-state index in [9.17, 15) is 4.79 Å². The van der Waals surface area contributed by atoms with Gasteiger partial charge in [0.25, 0.3) is 0 Å². The molecule has 0 atom stereocenters. The second kappa shape index (κ2) is 8.27. The molecule has 0 bridgehead atoms. The van der Waals surface area contributed by atoms with Crippen LogP contribution in [0.25, 0.3) is 11.1 Å². The lowest BCUT2D eigenvalue weighted by atomic mass is 10.1. The Morgan fingerprint density at radius 2 is 1.57 bits per heavy atom. The van der Waals surface area contributed by atoms with E-state index in [-0.39, 0.29) is 6.79 Å². The van der Waals surface area contributed by atoms with E-state index in [2.05, 4.69) is 18.9 Å². The van der Waals surface area contributed by atoms with Gasteiger partial charge in [-0.05, 0) is 35.4 Å². The first-order valence-electron chi connectivity index (χ1n) is 6.86. The van der Waals surface area contributed by atoms with Crippen molar-refractivity contribution in [2.45, 2.75) is 0 Å². The SMILES string of the molecule is C=C=CC(=O)Oc1ccc(-c2ccc(OCOC=C)cc2)cc1. The molecule has 2 aromatic carbocycles.